The zero-order valence-electron chi connectivity index (χ0n) is 32.2. The Morgan fingerprint density at radius 3 is 1.59 bits per heavy atom. The van der Waals surface area contributed by atoms with Crippen molar-refractivity contribution < 1.29 is 4.74 Å². The molecule has 0 fully saturated rings. The van der Waals surface area contributed by atoms with Gasteiger partial charge >= 0.3 is 0 Å². The second-order valence-electron chi connectivity index (χ2n) is 15.6. The summed E-state index contributed by atoms with van der Waals surface area (Å²) in [4.78, 5) is 0. The van der Waals surface area contributed by atoms with E-state index in [4.69, 9.17) is 4.74 Å². The number of hydrogen-bond acceptors (Lipinski definition) is 1. The summed E-state index contributed by atoms with van der Waals surface area (Å²) in [7, 11) is 0. The molecule has 0 atom stereocenters. The van der Waals surface area contributed by atoms with Crippen molar-refractivity contribution in [2.45, 2.75) is 0 Å². The van der Waals surface area contributed by atoms with E-state index in [0.29, 0.717) is 0 Å². The molecular weight excluding hydrogens is 713 g/mol. The highest BCUT2D eigenvalue weighted by atomic mass is 16.5. The lowest BCUT2D eigenvalue weighted by Gasteiger charge is -2.24. The summed E-state index contributed by atoms with van der Waals surface area (Å²) >= 11 is 0. The van der Waals surface area contributed by atoms with Gasteiger partial charge in [-0.1, -0.05) is 182 Å². The molecular formula is C58H36O. The van der Waals surface area contributed by atoms with Gasteiger partial charge in [-0.05, 0) is 135 Å². The average Bonchev–Trinajstić information content (AvgIpc) is 3.31. The minimum absolute atomic E-state index is 0.886. The van der Waals surface area contributed by atoms with E-state index in [2.05, 4.69) is 218 Å². The van der Waals surface area contributed by atoms with Crippen molar-refractivity contribution in [3.05, 3.63) is 218 Å². The van der Waals surface area contributed by atoms with Gasteiger partial charge in [0.05, 0.1) is 0 Å². The molecule has 0 saturated heterocycles. The fourth-order valence-corrected chi connectivity index (χ4v) is 9.58. The average molecular weight is 749 g/mol. The molecule has 1 aliphatic heterocycles. The summed E-state index contributed by atoms with van der Waals surface area (Å²) in [5.74, 6) is 1.77. The number of hydrogen-bond donors (Lipinski definition) is 0. The molecule has 0 unspecified atom stereocenters. The fourth-order valence-electron chi connectivity index (χ4n) is 9.58. The standard InChI is InChI=1S/C58H36O/c1-4-15-37(16-5-1)41-28-29-47-49-26-14-25-48-45(31-32-53(57(48)49)59-54(47)36-41)43-33-42(38-17-6-2-7-18-38)34-44(35-43)55-50-23-12-13-24-51(50)56(40-20-8-3-9-21-40)58-46-22-11-10-19-39(46)27-30-52(55)58/h1-36H. The third-order valence-corrected chi connectivity index (χ3v) is 12.2. The zero-order chi connectivity index (χ0) is 38.9. The van der Waals surface area contributed by atoms with Crippen LogP contribution in [0.25, 0.3) is 110 Å². The van der Waals surface area contributed by atoms with Crippen LogP contribution in [0.15, 0.2) is 218 Å². The number of fused-ring (bicyclic) bond motifs is 6. The van der Waals surface area contributed by atoms with Gasteiger partial charge in [0.25, 0.3) is 0 Å². The molecule has 12 rings (SSSR count). The normalized spacial score (nSPS) is 11.9. The molecule has 0 bridgehead atoms. The van der Waals surface area contributed by atoms with Crippen LogP contribution in [0.5, 0.6) is 11.5 Å². The van der Waals surface area contributed by atoms with Gasteiger partial charge in [0.1, 0.15) is 11.5 Å². The maximum atomic E-state index is 6.77. The first-order valence-corrected chi connectivity index (χ1v) is 20.3. The quantitative estimate of drug-likeness (QED) is 0.126. The molecule has 1 heterocycles. The van der Waals surface area contributed by atoms with E-state index in [1.54, 1.807) is 0 Å². The van der Waals surface area contributed by atoms with Crippen LogP contribution in [-0.2, 0) is 0 Å². The molecule has 59 heavy (non-hydrogen) atoms. The van der Waals surface area contributed by atoms with Gasteiger partial charge in [-0.25, -0.2) is 0 Å². The summed E-state index contributed by atoms with van der Waals surface area (Å²) in [6.07, 6.45) is 0. The van der Waals surface area contributed by atoms with Crippen LogP contribution in [-0.4, -0.2) is 0 Å². The smallest absolute Gasteiger partial charge is 0.135 e. The third kappa shape index (κ3) is 5.40. The molecule has 1 aliphatic rings. The molecule has 11 aromatic rings. The van der Waals surface area contributed by atoms with Gasteiger partial charge in [-0.15, -0.1) is 0 Å². The molecule has 0 spiro atoms. The van der Waals surface area contributed by atoms with Crippen molar-refractivity contribution in [1.29, 1.82) is 0 Å². The van der Waals surface area contributed by atoms with Crippen molar-refractivity contribution in [2.75, 3.05) is 0 Å². The van der Waals surface area contributed by atoms with E-state index in [-0.39, 0.29) is 0 Å². The van der Waals surface area contributed by atoms with E-state index < -0.39 is 0 Å². The number of rotatable bonds is 5. The number of benzene rings is 11. The fraction of sp³-hybridized carbons (Fsp3) is 0. The maximum absolute atomic E-state index is 6.77. The summed E-state index contributed by atoms with van der Waals surface area (Å²) in [5.41, 5.74) is 14.3. The van der Waals surface area contributed by atoms with Crippen molar-refractivity contribution in [3.63, 3.8) is 0 Å². The predicted octanol–water partition coefficient (Wildman–Crippen LogP) is 16.4. The Morgan fingerprint density at radius 1 is 0.237 bits per heavy atom. The summed E-state index contributed by atoms with van der Waals surface area (Å²) in [5, 5.41) is 9.83. The topological polar surface area (TPSA) is 9.23 Å². The first-order chi connectivity index (χ1) is 29.3. The maximum Gasteiger partial charge on any atom is 0.135 e. The van der Waals surface area contributed by atoms with Crippen LogP contribution in [0, 0.1) is 0 Å². The highest BCUT2D eigenvalue weighted by Crippen LogP contribution is 2.51. The molecule has 0 N–H and O–H groups in total. The monoisotopic (exact) mass is 748 g/mol. The first kappa shape index (κ1) is 33.4. The lowest BCUT2D eigenvalue weighted by Crippen LogP contribution is -1.98. The second-order valence-corrected chi connectivity index (χ2v) is 15.6. The Labute approximate surface area is 343 Å². The van der Waals surface area contributed by atoms with Gasteiger partial charge < -0.3 is 4.74 Å². The molecule has 0 saturated carbocycles. The minimum Gasteiger partial charge on any atom is -0.456 e. The minimum atomic E-state index is 0.886. The van der Waals surface area contributed by atoms with E-state index in [1.165, 1.54) is 93.3 Å². The van der Waals surface area contributed by atoms with E-state index in [0.717, 1.165) is 28.0 Å². The SMILES string of the molecule is c1ccc(-c2cc(-c3ccc4c5c(cccc35)-c3ccc(-c5ccccc5)cc3O4)cc(-c3c4ccccc4c(-c4ccccc4)c4c3ccc3ccccc34)c2)cc1. The van der Waals surface area contributed by atoms with Crippen molar-refractivity contribution in [2.24, 2.45) is 0 Å². The Balaban J connectivity index is 1.13. The molecule has 0 radical (unpaired) electrons. The molecule has 0 aromatic heterocycles. The molecule has 274 valence electrons. The largest absolute Gasteiger partial charge is 0.456 e. The highest BCUT2D eigenvalue weighted by molar-refractivity contribution is 6.28. The summed E-state index contributed by atoms with van der Waals surface area (Å²) < 4.78 is 6.77. The predicted molar refractivity (Wildman–Crippen MR) is 249 cm³/mol. The molecule has 1 heteroatoms. The Kier molecular flexibility index (Phi) is 7.61. The van der Waals surface area contributed by atoms with Crippen molar-refractivity contribution in [3.8, 4) is 78.3 Å². The van der Waals surface area contributed by atoms with Gasteiger partial charge in [0, 0.05) is 10.9 Å². The Bertz CT molecular complexity index is 3440. The molecule has 0 aliphatic carbocycles. The molecule has 1 nitrogen and oxygen atoms in total. The van der Waals surface area contributed by atoms with Gasteiger partial charge in [0.15, 0.2) is 0 Å². The lowest BCUT2D eigenvalue weighted by atomic mass is 9.82. The van der Waals surface area contributed by atoms with E-state index >= 15 is 0 Å². The number of ether oxygens (including phenoxy) is 1. The van der Waals surface area contributed by atoms with Gasteiger partial charge in [0.2, 0.25) is 0 Å². The van der Waals surface area contributed by atoms with Crippen molar-refractivity contribution >= 4 is 43.1 Å². The molecule has 11 aromatic carbocycles. The first-order valence-electron chi connectivity index (χ1n) is 20.3. The van der Waals surface area contributed by atoms with Crippen LogP contribution in [0.4, 0.5) is 0 Å². The summed E-state index contributed by atoms with van der Waals surface area (Å²) in [6.45, 7) is 0. The van der Waals surface area contributed by atoms with Crippen LogP contribution < -0.4 is 4.74 Å². The van der Waals surface area contributed by atoms with Crippen LogP contribution >= 0.6 is 0 Å². The van der Waals surface area contributed by atoms with Crippen LogP contribution in [0.2, 0.25) is 0 Å². The summed E-state index contributed by atoms with van der Waals surface area (Å²) in [6, 6.07) is 79.5. The highest BCUT2D eigenvalue weighted by Gasteiger charge is 2.24. The van der Waals surface area contributed by atoms with Crippen LogP contribution in [0.1, 0.15) is 0 Å². The van der Waals surface area contributed by atoms with Gasteiger partial charge in [-0.2, -0.15) is 0 Å². The molecule has 0 amide bonds. The van der Waals surface area contributed by atoms with Crippen LogP contribution in [0.3, 0.4) is 0 Å². The third-order valence-electron chi connectivity index (χ3n) is 12.2. The van der Waals surface area contributed by atoms with E-state index in [1.807, 2.05) is 0 Å². The Hall–Kier alpha value is -7.74. The zero-order valence-corrected chi connectivity index (χ0v) is 32.2. The lowest BCUT2D eigenvalue weighted by molar-refractivity contribution is 0.487. The Morgan fingerprint density at radius 2 is 0.831 bits per heavy atom. The van der Waals surface area contributed by atoms with Gasteiger partial charge in [-0.3, -0.25) is 0 Å². The van der Waals surface area contributed by atoms with Crippen molar-refractivity contribution in [1.82, 2.24) is 0 Å². The van der Waals surface area contributed by atoms with E-state index in [9.17, 15) is 0 Å². The second kappa shape index (κ2) is 13.4.